The van der Waals surface area contributed by atoms with Crippen molar-refractivity contribution in [3.8, 4) is 11.5 Å². The van der Waals surface area contributed by atoms with E-state index in [0.717, 1.165) is 22.3 Å². The first-order valence-electron chi connectivity index (χ1n) is 10.4. The molecule has 2 aromatic rings. The van der Waals surface area contributed by atoms with Gasteiger partial charge in [0, 0.05) is 36.2 Å². The highest BCUT2D eigenvalue weighted by Gasteiger charge is 2.21. The van der Waals surface area contributed by atoms with Gasteiger partial charge in [0.05, 0.1) is 19.3 Å². The minimum absolute atomic E-state index is 0.0681. The molecule has 6 nitrogen and oxygen atoms in total. The number of amides is 1. The fourth-order valence-electron chi connectivity index (χ4n) is 3.29. The second-order valence-corrected chi connectivity index (χ2v) is 7.81. The van der Waals surface area contributed by atoms with Crippen LogP contribution in [0, 0.1) is 19.3 Å². The maximum atomic E-state index is 12.9. The molecular formula is C25H33N3O3. The number of nitrogens with one attached hydrogen (secondary N) is 3. The van der Waals surface area contributed by atoms with Gasteiger partial charge >= 0.3 is 0 Å². The van der Waals surface area contributed by atoms with Crippen LogP contribution in [0.1, 0.15) is 59.4 Å². The van der Waals surface area contributed by atoms with E-state index in [4.69, 9.17) is 14.9 Å². The SMILES string of the molecule is CN/C=C(\C=N)c1cc([C@@H](C)NC(=O)c2cc(C)ccc2C)cc(OC)c1OC(C)C. The van der Waals surface area contributed by atoms with E-state index >= 15 is 0 Å². The molecule has 2 aromatic carbocycles. The van der Waals surface area contributed by atoms with Crippen LogP contribution >= 0.6 is 0 Å². The molecule has 166 valence electrons. The fourth-order valence-corrected chi connectivity index (χ4v) is 3.29. The predicted molar refractivity (Wildman–Crippen MR) is 126 cm³/mol. The van der Waals surface area contributed by atoms with E-state index in [1.165, 1.54) is 6.21 Å². The molecule has 0 aliphatic heterocycles. The minimum atomic E-state index is -0.283. The van der Waals surface area contributed by atoms with E-state index in [2.05, 4.69) is 10.6 Å². The van der Waals surface area contributed by atoms with Gasteiger partial charge in [-0.25, -0.2) is 0 Å². The van der Waals surface area contributed by atoms with Crippen LogP contribution in [0.2, 0.25) is 0 Å². The number of ether oxygens (including phenoxy) is 2. The summed E-state index contributed by atoms with van der Waals surface area (Å²) in [6, 6.07) is 9.36. The van der Waals surface area contributed by atoms with Gasteiger partial charge in [0.1, 0.15) is 0 Å². The molecule has 0 heterocycles. The molecule has 0 unspecified atom stereocenters. The number of methoxy groups -OCH3 is 1. The van der Waals surface area contributed by atoms with Crippen molar-refractivity contribution in [2.45, 2.75) is 46.8 Å². The molecule has 31 heavy (non-hydrogen) atoms. The Hall–Kier alpha value is -3.28. The molecule has 0 aliphatic rings. The summed E-state index contributed by atoms with van der Waals surface area (Å²) in [7, 11) is 3.36. The van der Waals surface area contributed by atoms with Crippen molar-refractivity contribution in [1.82, 2.24) is 10.6 Å². The average Bonchev–Trinajstić information content (AvgIpc) is 2.73. The first kappa shape index (κ1) is 24.0. The van der Waals surface area contributed by atoms with Crippen molar-refractivity contribution in [1.29, 1.82) is 5.41 Å². The monoisotopic (exact) mass is 423 g/mol. The lowest BCUT2D eigenvalue weighted by Crippen LogP contribution is -2.27. The predicted octanol–water partition coefficient (Wildman–Crippen LogP) is 4.80. The number of carbonyl (C=O) groups is 1. The Bertz CT molecular complexity index is 980. The Kier molecular flexibility index (Phi) is 8.25. The third kappa shape index (κ3) is 5.87. The molecule has 0 aromatic heterocycles. The van der Waals surface area contributed by atoms with Crippen molar-refractivity contribution >= 4 is 17.7 Å². The van der Waals surface area contributed by atoms with Gasteiger partial charge in [0.25, 0.3) is 5.91 Å². The lowest BCUT2D eigenvalue weighted by molar-refractivity contribution is 0.0939. The lowest BCUT2D eigenvalue weighted by Gasteiger charge is -2.22. The van der Waals surface area contributed by atoms with Crippen LogP contribution in [0.4, 0.5) is 0 Å². The third-order valence-corrected chi connectivity index (χ3v) is 4.90. The molecule has 1 amide bonds. The molecule has 0 bridgehead atoms. The largest absolute Gasteiger partial charge is 0.493 e. The van der Waals surface area contributed by atoms with E-state index in [9.17, 15) is 4.79 Å². The normalized spacial score (nSPS) is 12.3. The maximum Gasteiger partial charge on any atom is 0.252 e. The summed E-state index contributed by atoms with van der Waals surface area (Å²) in [5.41, 5.74) is 4.85. The number of benzene rings is 2. The Morgan fingerprint density at radius 3 is 2.39 bits per heavy atom. The summed E-state index contributed by atoms with van der Waals surface area (Å²) in [5.74, 6) is 0.993. The molecule has 3 N–H and O–H groups in total. The van der Waals surface area contributed by atoms with E-state index in [1.54, 1.807) is 20.4 Å². The first-order valence-corrected chi connectivity index (χ1v) is 10.4. The van der Waals surface area contributed by atoms with Crippen LogP contribution in [-0.2, 0) is 0 Å². The van der Waals surface area contributed by atoms with Crippen LogP contribution in [0.5, 0.6) is 11.5 Å². The number of hydrogen-bond donors (Lipinski definition) is 3. The van der Waals surface area contributed by atoms with E-state index in [1.807, 2.05) is 65.0 Å². The average molecular weight is 424 g/mol. The second kappa shape index (κ2) is 10.7. The highest BCUT2D eigenvalue weighted by Crippen LogP contribution is 2.38. The zero-order chi connectivity index (χ0) is 23.1. The molecule has 2 rings (SSSR count). The maximum absolute atomic E-state index is 12.9. The number of allylic oxidation sites excluding steroid dienone is 1. The molecule has 1 atom stereocenters. The van der Waals surface area contributed by atoms with Crippen molar-refractivity contribution < 1.29 is 14.3 Å². The van der Waals surface area contributed by atoms with Crippen LogP contribution < -0.4 is 20.1 Å². The van der Waals surface area contributed by atoms with Gasteiger partial charge in [-0.3, -0.25) is 4.79 Å². The summed E-state index contributed by atoms with van der Waals surface area (Å²) >= 11 is 0. The first-order chi connectivity index (χ1) is 14.7. The van der Waals surface area contributed by atoms with Gasteiger partial charge < -0.3 is 25.5 Å². The highest BCUT2D eigenvalue weighted by molar-refractivity contribution is 6.09. The zero-order valence-corrected chi connectivity index (χ0v) is 19.4. The standard InChI is InChI=1S/C25H33N3O3/c1-15(2)31-24-22(20(13-26)14-27-6)11-19(12-23(24)30-7)18(5)28-25(29)21-10-16(3)8-9-17(21)4/h8-15,18,26-27H,1-7H3,(H,28,29)/b20-14+,26-13?/t18-/m1/s1. The highest BCUT2D eigenvalue weighted by atomic mass is 16.5. The van der Waals surface area contributed by atoms with Crippen LogP contribution in [0.25, 0.3) is 5.57 Å². The van der Waals surface area contributed by atoms with Crippen LogP contribution in [-0.4, -0.2) is 32.4 Å². The van der Waals surface area contributed by atoms with Crippen LogP contribution in [0.15, 0.2) is 36.5 Å². The van der Waals surface area contributed by atoms with Crippen molar-refractivity contribution in [3.63, 3.8) is 0 Å². The summed E-state index contributed by atoms with van der Waals surface area (Å²) in [6.45, 7) is 9.71. The number of rotatable bonds is 9. The quantitative estimate of drug-likeness (QED) is 0.506. The van der Waals surface area contributed by atoms with Crippen molar-refractivity contribution in [2.24, 2.45) is 0 Å². The molecule has 0 aliphatic carbocycles. The Morgan fingerprint density at radius 2 is 1.81 bits per heavy atom. The van der Waals surface area contributed by atoms with Gasteiger partial charge in [-0.2, -0.15) is 0 Å². The fraction of sp³-hybridized carbons (Fsp3) is 0.360. The number of aryl methyl sites for hydroxylation is 2. The van der Waals surface area contributed by atoms with Gasteiger partial charge in [-0.15, -0.1) is 0 Å². The smallest absolute Gasteiger partial charge is 0.252 e. The van der Waals surface area contributed by atoms with Crippen molar-refractivity contribution in [3.05, 3.63) is 64.3 Å². The summed E-state index contributed by atoms with van der Waals surface area (Å²) in [4.78, 5) is 12.9. The van der Waals surface area contributed by atoms with Gasteiger partial charge in [-0.05, 0) is 63.9 Å². The lowest BCUT2D eigenvalue weighted by atomic mass is 9.98. The molecular weight excluding hydrogens is 390 g/mol. The summed E-state index contributed by atoms with van der Waals surface area (Å²) < 4.78 is 11.6. The molecule has 0 radical (unpaired) electrons. The molecule has 0 saturated heterocycles. The van der Waals surface area contributed by atoms with E-state index in [0.29, 0.717) is 22.6 Å². The number of carbonyl (C=O) groups excluding carboxylic acids is 1. The topological polar surface area (TPSA) is 83.4 Å². The minimum Gasteiger partial charge on any atom is -0.493 e. The summed E-state index contributed by atoms with van der Waals surface area (Å²) in [5, 5.41) is 13.9. The zero-order valence-electron chi connectivity index (χ0n) is 19.4. The second-order valence-electron chi connectivity index (χ2n) is 7.81. The van der Waals surface area contributed by atoms with Crippen molar-refractivity contribution in [2.75, 3.05) is 14.2 Å². The Labute approximate surface area is 185 Å². The molecule has 6 heteroatoms. The summed E-state index contributed by atoms with van der Waals surface area (Å²) in [6.07, 6.45) is 2.93. The van der Waals surface area contributed by atoms with E-state index in [-0.39, 0.29) is 18.1 Å². The van der Waals surface area contributed by atoms with Gasteiger partial charge in [-0.1, -0.05) is 17.7 Å². The molecule has 0 spiro atoms. The number of hydrogen-bond acceptors (Lipinski definition) is 5. The van der Waals surface area contributed by atoms with Gasteiger partial charge in [0.2, 0.25) is 0 Å². The molecule has 0 saturated carbocycles. The Balaban J connectivity index is 2.49. The van der Waals surface area contributed by atoms with Crippen LogP contribution in [0.3, 0.4) is 0 Å². The van der Waals surface area contributed by atoms with Gasteiger partial charge in [0.15, 0.2) is 11.5 Å². The third-order valence-electron chi connectivity index (χ3n) is 4.90. The van der Waals surface area contributed by atoms with E-state index < -0.39 is 0 Å². The Morgan fingerprint density at radius 1 is 1.10 bits per heavy atom. The molecule has 0 fully saturated rings.